The first-order chi connectivity index (χ1) is 11.0. The van der Waals surface area contributed by atoms with Gasteiger partial charge in [0.25, 0.3) is 11.8 Å². The first-order valence-corrected chi connectivity index (χ1v) is 11.3. The second kappa shape index (κ2) is 6.46. The van der Waals surface area contributed by atoms with Crippen LogP contribution in [-0.4, -0.2) is 31.1 Å². The van der Waals surface area contributed by atoms with Crippen molar-refractivity contribution in [1.29, 1.82) is 0 Å². The third-order valence-electron chi connectivity index (χ3n) is 4.98. The van der Waals surface area contributed by atoms with Gasteiger partial charge in [0.1, 0.15) is 6.10 Å². The summed E-state index contributed by atoms with van der Waals surface area (Å²) in [4.78, 5) is 14.4. The molecule has 0 radical (unpaired) electrons. The first kappa shape index (κ1) is 18.9. The number of amides is 1. The SMILES string of the molecule is C=C[C@@]1(O[Si](C)(C)C(C)(C)C)O[C@@H](C)C(=O)N1Cc1ccccc1. The fourth-order valence-corrected chi connectivity index (χ4v) is 3.77. The smallest absolute Gasteiger partial charge is 0.266 e. The van der Waals surface area contributed by atoms with Crippen molar-refractivity contribution in [3.63, 3.8) is 0 Å². The molecule has 0 spiro atoms. The quantitative estimate of drug-likeness (QED) is 0.589. The zero-order valence-corrected chi connectivity index (χ0v) is 16.6. The number of carbonyl (C=O) groups excluding carboxylic acids is 1. The third kappa shape index (κ3) is 3.48. The van der Waals surface area contributed by atoms with Gasteiger partial charge in [-0.05, 0) is 36.7 Å². The van der Waals surface area contributed by atoms with E-state index in [1.807, 2.05) is 30.3 Å². The molecule has 2 rings (SSSR count). The number of hydrogen-bond donors (Lipinski definition) is 0. The Labute approximate surface area is 146 Å². The standard InChI is InChI=1S/C19H29NO3Si/c1-8-19(23-24(6,7)18(3,4)5)20(17(21)15(2)22-19)14-16-12-10-9-11-13-16/h8-13,15H,1,14H2,2-7H3/t15-,19-/m0/s1. The lowest BCUT2D eigenvalue weighted by atomic mass is 10.2. The predicted molar refractivity (Wildman–Crippen MR) is 98.7 cm³/mol. The summed E-state index contributed by atoms with van der Waals surface area (Å²) in [5, 5.41) is -0.000335. The molecule has 4 nitrogen and oxygen atoms in total. The maximum atomic E-state index is 12.7. The maximum Gasteiger partial charge on any atom is 0.266 e. The molecule has 2 atom stereocenters. The van der Waals surface area contributed by atoms with Crippen molar-refractivity contribution in [2.24, 2.45) is 0 Å². The van der Waals surface area contributed by atoms with Crippen molar-refractivity contribution >= 4 is 14.2 Å². The summed E-state index contributed by atoms with van der Waals surface area (Å²) in [6.45, 7) is 16.9. The highest BCUT2D eigenvalue weighted by Crippen LogP contribution is 2.43. The Morgan fingerprint density at radius 2 is 1.92 bits per heavy atom. The molecule has 132 valence electrons. The molecule has 1 saturated heterocycles. The number of nitrogens with zero attached hydrogens (tertiary/aromatic N) is 1. The highest BCUT2D eigenvalue weighted by Gasteiger charge is 2.54. The van der Waals surface area contributed by atoms with Gasteiger partial charge in [-0.25, -0.2) is 0 Å². The van der Waals surface area contributed by atoms with E-state index in [0.717, 1.165) is 5.56 Å². The van der Waals surface area contributed by atoms with Gasteiger partial charge in [-0.3, -0.25) is 9.69 Å². The van der Waals surface area contributed by atoms with Crippen LogP contribution in [0.25, 0.3) is 0 Å². The number of ether oxygens (including phenoxy) is 1. The van der Waals surface area contributed by atoms with Gasteiger partial charge in [0, 0.05) is 0 Å². The van der Waals surface area contributed by atoms with Gasteiger partial charge in [0.2, 0.25) is 0 Å². The Morgan fingerprint density at radius 3 is 2.42 bits per heavy atom. The van der Waals surface area contributed by atoms with Crippen molar-refractivity contribution in [3.8, 4) is 0 Å². The van der Waals surface area contributed by atoms with Gasteiger partial charge in [0.15, 0.2) is 8.32 Å². The van der Waals surface area contributed by atoms with Crippen LogP contribution in [-0.2, 0) is 20.5 Å². The maximum absolute atomic E-state index is 12.7. The molecule has 0 saturated carbocycles. The summed E-state index contributed by atoms with van der Waals surface area (Å²) in [6, 6.07) is 9.88. The molecule has 1 aliphatic rings. The fourth-order valence-electron chi connectivity index (χ4n) is 2.49. The van der Waals surface area contributed by atoms with E-state index in [4.69, 9.17) is 9.16 Å². The fraction of sp³-hybridized carbons (Fsp3) is 0.526. The zero-order chi connectivity index (χ0) is 18.2. The Morgan fingerprint density at radius 1 is 1.33 bits per heavy atom. The molecule has 0 unspecified atom stereocenters. The van der Waals surface area contributed by atoms with Crippen molar-refractivity contribution in [3.05, 3.63) is 48.6 Å². The molecule has 0 N–H and O–H groups in total. The second-order valence-corrected chi connectivity index (χ2v) is 12.6. The van der Waals surface area contributed by atoms with E-state index in [9.17, 15) is 4.79 Å². The van der Waals surface area contributed by atoms with Crippen LogP contribution in [0.3, 0.4) is 0 Å². The average Bonchev–Trinajstić information content (AvgIpc) is 2.72. The zero-order valence-electron chi connectivity index (χ0n) is 15.6. The average molecular weight is 348 g/mol. The van der Waals surface area contributed by atoms with E-state index in [1.165, 1.54) is 0 Å². The number of hydrogen-bond acceptors (Lipinski definition) is 3. The first-order valence-electron chi connectivity index (χ1n) is 8.39. The minimum atomic E-state index is -2.17. The van der Waals surface area contributed by atoms with Gasteiger partial charge in [-0.15, -0.1) is 0 Å². The van der Waals surface area contributed by atoms with Gasteiger partial charge in [0.05, 0.1) is 6.54 Å². The topological polar surface area (TPSA) is 38.8 Å². The Kier molecular flexibility index (Phi) is 5.09. The highest BCUT2D eigenvalue weighted by molar-refractivity contribution is 6.74. The number of benzene rings is 1. The molecule has 0 aliphatic carbocycles. The molecule has 1 aliphatic heterocycles. The predicted octanol–water partition coefficient (Wildman–Crippen LogP) is 4.30. The van der Waals surface area contributed by atoms with Crippen LogP contribution < -0.4 is 0 Å². The van der Waals surface area contributed by atoms with Gasteiger partial charge in [-0.2, -0.15) is 0 Å². The molecule has 1 fully saturated rings. The van der Waals surface area contributed by atoms with E-state index in [2.05, 4.69) is 40.4 Å². The van der Waals surface area contributed by atoms with E-state index in [0.29, 0.717) is 6.54 Å². The van der Waals surface area contributed by atoms with Gasteiger partial charge < -0.3 is 9.16 Å². The molecule has 1 heterocycles. The lowest BCUT2D eigenvalue weighted by Gasteiger charge is -2.44. The van der Waals surface area contributed by atoms with Gasteiger partial charge in [-0.1, -0.05) is 57.7 Å². The van der Waals surface area contributed by atoms with Crippen LogP contribution in [0.4, 0.5) is 0 Å². The van der Waals surface area contributed by atoms with Crippen LogP contribution in [0.15, 0.2) is 43.0 Å². The number of rotatable bonds is 5. The van der Waals surface area contributed by atoms with E-state index >= 15 is 0 Å². The van der Waals surface area contributed by atoms with Crippen LogP contribution >= 0.6 is 0 Å². The van der Waals surface area contributed by atoms with E-state index < -0.39 is 20.3 Å². The molecule has 1 aromatic rings. The summed E-state index contributed by atoms with van der Waals surface area (Å²) in [7, 11) is -2.17. The minimum absolute atomic E-state index is 0.000335. The van der Waals surface area contributed by atoms with Crippen LogP contribution in [0.1, 0.15) is 33.3 Å². The molecule has 0 aromatic heterocycles. The largest absolute Gasteiger partial charge is 0.371 e. The molecule has 24 heavy (non-hydrogen) atoms. The summed E-state index contributed by atoms with van der Waals surface area (Å²) >= 11 is 0. The van der Waals surface area contributed by atoms with Crippen molar-refractivity contribution in [2.75, 3.05) is 0 Å². The lowest BCUT2D eigenvalue weighted by Crippen LogP contribution is -2.55. The summed E-state index contributed by atoms with van der Waals surface area (Å²) in [6.07, 6.45) is 1.08. The molecular weight excluding hydrogens is 318 g/mol. The monoisotopic (exact) mass is 347 g/mol. The highest BCUT2D eigenvalue weighted by atomic mass is 28.4. The summed E-state index contributed by atoms with van der Waals surface area (Å²) in [5.74, 6) is -1.27. The Bertz CT molecular complexity index is 609. The van der Waals surface area contributed by atoms with Crippen molar-refractivity contribution < 1.29 is 14.0 Å². The van der Waals surface area contributed by atoms with E-state index in [1.54, 1.807) is 17.9 Å². The summed E-state index contributed by atoms with van der Waals surface area (Å²) in [5.41, 5.74) is 1.04. The van der Waals surface area contributed by atoms with E-state index in [-0.39, 0.29) is 10.9 Å². The Balaban J connectivity index is 2.38. The molecule has 1 amide bonds. The molecule has 5 heteroatoms. The number of carbonyl (C=O) groups is 1. The van der Waals surface area contributed by atoms with Crippen molar-refractivity contribution in [1.82, 2.24) is 4.90 Å². The minimum Gasteiger partial charge on any atom is -0.371 e. The van der Waals surface area contributed by atoms with Crippen LogP contribution in [0.2, 0.25) is 18.1 Å². The lowest BCUT2D eigenvalue weighted by molar-refractivity contribution is -0.208. The Hall–Kier alpha value is -1.43. The second-order valence-electron chi connectivity index (χ2n) is 7.87. The van der Waals surface area contributed by atoms with Gasteiger partial charge >= 0.3 is 0 Å². The third-order valence-corrected chi connectivity index (χ3v) is 9.40. The molecule has 1 aromatic carbocycles. The van der Waals surface area contributed by atoms with Crippen LogP contribution in [0, 0.1) is 0 Å². The normalized spacial score (nSPS) is 25.2. The van der Waals surface area contributed by atoms with Crippen LogP contribution in [0.5, 0.6) is 0 Å². The molecular formula is C19H29NO3Si. The van der Waals surface area contributed by atoms with Crippen molar-refractivity contribution in [2.45, 2.75) is 64.4 Å². The summed E-state index contributed by atoms with van der Waals surface area (Å²) < 4.78 is 12.5. The molecule has 0 bridgehead atoms.